The van der Waals surface area contributed by atoms with Gasteiger partial charge in [0, 0.05) is 0 Å². The van der Waals surface area contributed by atoms with E-state index in [1.807, 2.05) is 59.8 Å². The van der Waals surface area contributed by atoms with Crippen LogP contribution in [0.4, 0.5) is 0 Å². The molecule has 4 rings (SSSR count). The van der Waals surface area contributed by atoms with Gasteiger partial charge in [0.1, 0.15) is 0 Å². The molecule has 0 radical (unpaired) electrons. The monoisotopic (exact) mass is 464 g/mol. The molecular formula is C18H13IN2O3S. The van der Waals surface area contributed by atoms with Crippen LogP contribution in [0.5, 0.6) is 11.5 Å². The zero-order valence-electron chi connectivity index (χ0n) is 13.2. The van der Waals surface area contributed by atoms with Crippen molar-refractivity contribution in [3.8, 4) is 11.5 Å². The average molecular weight is 464 g/mol. The number of benzene rings is 2. The quantitative estimate of drug-likeness (QED) is 0.474. The van der Waals surface area contributed by atoms with Crippen molar-refractivity contribution in [3.63, 3.8) is 0 Å². The molecule has 0 fully saturated rings. The second kappa shape index (κ2) is 6.30. The molecule has 0 saturated heterocycles. The van der Waals surface area contributed by atoms with Crippen molar-refractivity contribution in [1.82, 2.24) is 9.38 Å². The second-order valence-electron chi connectivity index (χ2n) is 5.42. The van der Waals surface area contributed by atoms with Gasteiger partial charge >= 0.3 is 0 Å². The van der Waals surface area contributed by atoms with Crippen molar-refractivity contribution in [2.45, 2.75) is 6.92 Å². The van der Waals surface area contributed by atoms with E-state index in [-0.39, 0.29) is 11.3 Å². The number of aromatic nitrogens is 2. The second-order valence-corrected chi connectivity index (χ2v) is 7.59. The number of imidazole rings is 1. The van der Waals surface area contributed by atoms with Gasteiger partial charge in [-0.05, 0) is 65.4 Å². The van der Waals surface area contributed by atoms with E-state index in [4.69, 9.17) is 4.74 Å². The van der Waals surface area contributed by atoms with E-state index in [0.29, 0.717) is 25.4 Å². The maximum Gasteiger partial charge on any atom is 0.274 e. The van der Waals surface area contributed by atoms with Crippen LogP contribution in [0.2, 0.25) is 0 Å². The van der Waals surface area contributed by atoms with Crippen LogP contribution >= 0.6 is 33.9 Å². The van der Waals surface area contributed by atoms with Crippen molar-refractivity contribution in [3.05, 3.63) is 60.4 Å². The molecule has 0 aliphatic rings. The Kier molecular flexibility index (Phi) is 4.12. The first-order chi connectivity index (χ1) is 12.1. The van der Waals surface area contributed by atoms with Crippen molar-refractivity contribution in [2.24, 2.45) is 0 Å². The molecule has 25 heavy (non-hydrogen) atoms. The highest BCUT2D eigenvalue weighted by molar-refractivity contribution is 14.1. The number of phenolic OH excluding ortho intramolecular Hbond substituents is 1. The Morgan fingerprint density at radius 1 is 1.36 bits per heavy atom. The normalized spacial score (nSPS) is 12.3. The summed E-state index contributed by atoms with van der Waals surface area (Å²) in [5.41, 5.74) is 2.34. The van der Waals surface area contributed by atoms with E-state index in [1.165, 1.54) is 11.3 Å². The Labute approximate surface area is 160 Å². The van der Waals surface area contributed by atoms with E-state index in [2.05, 4.69) is 4.98 Å². The molecule has 1 N–H and O–H groups in total. The minimum Gasteiger partial charge on any atom is -0.504 e. The predicted molar refractivity (Wildman–Crippen MR) is 108 cm³/mol. The molecule has 2 heterocycles. The zero-order valence-corrected chi connectivity index (χ0v) is 16.2. The Morgan fingerprint density at radius 3 is 2.96 bits per heavy atom. The molecule has 0 aliphatic heterocycles. The number of fused-ring (bicyclic) bond motifs is 3. The third-order valence-electron chi connectivity index (χ3n) is 3.79. The summed E-state index contributed by atoms with van der Waals surface area (Å²) in [6, 6.07) is 11.1. The first kappa shape index (κ1) is 16.3. The zero-order chi connectivity index (χ0) is 17.6. The SMILES string of the molecule is CCOc1cc(/C=c2/sc3nc4ccccc4n3c2=O)cc(I)c1O. The number of halogens is 1. The third-order valence-corrected chi connectivity index (χ3v) is 5.58. The number of hydrogen-bond donors (Lipinski definition) is 1. The van der Waals surface area contributed by atoms with Gasteiger partial charge in [-0.3, -0.25) is 4.79 Å². The largest absolute Gasteiger partial charge is 0.504 e. The Hall–Kier alpha value is -2.13. The lowest BCUT2D eigenvalue weighted by Crippen LogP contribution is -2.22. The number of nitrogens with zero attached hydrogens (tertiary/aromatic N) is 2. The maximum absolute atomic E-state index is 12.8. The minimum absolute atomic E-state index is 0.0882. The van der Waals surface area contributed by atoms with Crippen LogP contribution in [0.25, 0.3) is 22.1 Å². The topological polar surface area (TPSA) is 63.8 Å². The van der Waals surface area contributed by atoms with Gasteiger partial charge in [-0.2, -0.15) is 0 Å². The van der Waals surface area contributed by atoms with E-state index in [9.17, 15) is 9.90 Å². The Balaban J connectivity index is 1.93. The first-order valence-corrected chi connectivity index (χ1v) is 9.55. The fourth-order valence-electron chi connectivity index (χ4n) is 2.71. The van der Waals surface area contributed by atoms with Gasteiger partial charge in [0.2, 0.25) is 0 Å². The summed E-state index contributed by atoms with van der Waals surface area (Å²) < 4.78 is 8.37. The highest BCUT2D eigenvalue weighted by Crippen LogP contribution is 2.33. The molecular weight excluding hydrogens is 451 g/mol. The summed E-state index contributed by atoms with van der Waals surface area (Å²) in [6.07, 6.45) is 1.81. The van der Waals surface area contributed by atoms with Crippen LogP contribution in [0.15, 0.2) is 41.2 Å². The van der Waals surface area contributed by atoms with Gasteiger partial charge in [-0.25, -0.2) is 9.38 Å². The number of ether oxygens (including phenoxy) is 1. The van der Waals surface area contributed by atoms with Crippen LogP contribution in [0.1, 0.15) is 12.5 Å². The van der Waals surface area contributed by atoms with Crippen molar-refractivity contribution in [2.75, 3.05) is 6.61 Å². The highest BCUT2D eigenvalue weighted by atomic mass is 127. The summed E-state index contributed by atoms with van der Waals surface area (Å²) >= 11 is 3.40. The molecule has 0 spiro atoms. The molecule has 126 valence electrons. The molecule has 0 aliphatic carbocycles. The Bertz CT molecular complexity index is 1210. The summed E-state index contributed by atoms with van der Waals surface area (Å²) in [4.78, 5) is 18.0. The van der Waals surface area contributed by atoms with Gasteiger partial charge in [0.15, 0.2) is 16.5 Å². The number of hydrogen-bond acceptors (Lipinski definition) is 5. The van der Waals surface area contributed by atoms with Crippen molar-refractivity contribution >= 4 is 56.0 Å². The lowest BCUT2D eigenvalue weighted by Gasteiger charge is -2.08. The molecule has 0 saturated carbocycles. The lowest BCUT2D eigenvalue weighted by atomic mass is 10.2. The molecule has 0 amide bonds. The standard InChI is InChI=1S/C18H13IN2O3S/c1-2-24-14-8-10(7-11(19)16(14)22)9-15-17(23)21-13-6-4-3-5-12(13)20-18(21)25-15/h3-9,22H,2H2,1H3/b15-9+. The van der Waals surface area contributed by atoms with Crippen LogP contribution < -0.4 is 14.8 Å². The smallest absolute Gasteiger partial charge is 0.274 e. The van der Waals surface area contributed by atoms with Crippen molar-refractivity contribution in [1.29, 1.82) is 0 Å². The minimum atomic E-state index is -0.0882. The van der Waals surface area contributed by atoms with Crippen molar-refractivity contribution < 1.29 is 9.84 Å². The van der Waals surface area contributed by atoms with E-state index >= 15 is 0 Å². The molecule has 7 heteroatoms. The molecule has 5 nitrogen and oxygen atoms in total. The summed E-state index contributed by atoms with van der Waals surface area (Å²) in [5.74, 6) is 0.536. The third kappa shape index (κ3) is 2.77. The number of para-hydroxylation sites is 2. The summed E-state index contributed by atoms with van der Waals surface area (Å²) in [7, 11) is 0. The molecule has 0 atom stereocenters. The van der Waals surface area contributed by atoms with Gasteiger partial charge in [-0.15, -0.1) is 0 Å². The average Bonchev–Trinajstić information content (AvgIpc) is 3.09. The summed E-state index contributed by atoms with van der Waals surface area (Å²) in [5, 5.41) is 10.1. The van der Waals surface area contributed by atoms with Gasteiger partial charge in [0.05, 0.1) is 25.7 Å². The predicted octanol–water partition coefficient (Wildman–Crippen LogP) is 3.17. The lowest BCUT2D eigenvalue weighted by molar-refractivity contribution is 0.317. The molecule has 4 aromatic rings. The fourth-order valence-corrected chi connectivity index (χ4v) is 4.32. The van der Waals surface area contributed by atoms with E-state index in [0.717, 1.165) is 16.6 Å². The maximum atomic E-state index is 12.8. The Morgan fingerprint density at radius 2 is 2.16 bits per heavy atom. The summed E-state index contributed by atoms with van der Waals surface area (Å²) in [6.45, 7) is 2.32. The highest BCUT2D eigenvalue weighted by Gasteiger charge is 2.12. The number of aromatic hydroxyl groups is 1. The molecule has 0 bridgehead atoms. The number of phenols is 1. The molecule has 2 aromatic carbocycles. The van der Waals surface area contributed by atoms with E-state index in [1.54, 1.807) is 16.5 Å². The first-order valence-electron chi connectivity index (χ1n) is 7.65. The van der Waals surface area contributed by atoms with Crippen LogP contribution in [-0.2, 0) is 0 Å². The molecule has 2 aromatic heterocycles. The van der Waals surface area contributed by atoms with Gasteiger partial charge in [0.25, 0.3) is 5.56 Å². The van der Waals surface area contributed by atoms with E-state index < -0.39 is 0 Å². The van der Waals surface area contributed by atoms with Crippen LogP contribution in [-0.4, -0.2) is 21.1 Å². The number of rotatable bonds is 3. The van der Waals surface area contributed by atoms with Gasteiger partial charge < -0.3 is 9.84 Å². The fraction of sp³-hybridized carbons (Fsp3) is 0.111. The number of thiazole rings is 1. The van der Waals surface area contributed by atoms with Crippen LogP contribution in [0.3, 0.4) is 0 Å². The van der Waals surface area contributed by atoms with Gasteiger partial charge in [-0.1, -0.05) is 23.5 Å². The van der Waals surface area contributed by atoms with Crippen LogP contribution in [0, 0.1) is 3.57 Å². The molecule has 0 unspecified atom stereocenters.